The lowest BCUT2D eigenvalue weighted by Gasteiger charge is -2.10. The summed E-state index contributed by atoms with van der Waals surface area (Å²) in [5, 5.41) is 5.31. The van der Waals surface area contributed by atoms with Crippen molar-refractivity contribution >= 4 is 11.3 Å². The number of nitrogens with one attached hydrogen (secondary N) is 2. The second-order valence-corrected chi connectivity index (χ2v) is 5.18. The van der Waals surface area contributed by atoms with Crippen LogP contribution in [-0.2, 0) is 0 Å². The van der Waals surface area contributed by atoms with Crippen LogP contribution < -0.4 is 5.32 Å². The monoisotopic (exact) mass is 249 g/mol. The molecule has 4 heteroatoms. The fourth-order valence-electron chi connectivity index (χ4n) is 2.01. The fraction of sp³-hybridized carbons (Fsp3) is 0.462. The van der Waals surface area contributed by atoms with Gasteiger partial charge in [0.25, 0.3) is 0 Å². The molecule has 92 valence electrons. The summed E-state index contributed by atoms with van der Waals surface area (Å²) in [6.07, 6.45) is 1.09. The molecule has 1 atom stereocenters. The van der Waals surface area contributed by atoms with Crippen molar-refractivity contribution < 1.29 is 0 Å². The van der Waals surface area contributed by atoms with Gasteiger partial charge in [0.05, 0.1) is 4.88 Å². The first kappa shape index (κ1) is 12.3. The molecule has 2 heterocycles. The van der Waals surface area contributed by atoms with Crippen LogP contribution in [-0.4, -0.2) is 23.6 Å². The van der Waals surface area contributed by atoms with Gasteiger partial charge in [0, 0.05) is 18.2 Å². The number of aryl methyl sites for hydroxylation is 1. The molecular formula is C13H19N3S. The maximum absolute atomic E-state index is 4.76. The number of hydrogen-bond acceptors (Lipinski definition) is 3. The molecule has 0 aliphatic heterocycles. The van der Waals surface area contributed by atoms with Crippen LogP contribution in [0.25, 0.3) is 10.6 Å². The maximum atomic E-state index is 4.76. The zero-order chi connectivity index (χ0) is 12.3. The van der Waals surface area contributed by atoms with E-state index in [0.29, 0.717) is 5.92 Å². The van der Waals surface area contributed by atoms with Crippen molar-refractivity contribution in [3.63, 3.8) is 0 Å². The van der Waals surface area contributed by atoms with E-state index in [1.54, 1.807) is 11.3 Å². The van der Waals surface area contributed by atoms with Crippen molar-refractivity contribution in [2.75, 3.05) is 13.6 Å². The first-order valence-corrected chi connectivity index (χ1v) is 6.89. The minimum Gasteiger partial charge on any atom is -0.345 e. The van der Waals surface area contributed by atoms with Crippen molar-refractivity contribution in [3.05, 3.63) is 29.0 Å². The quantitative estimate of drug-likeness (QED) is 0.854. The highest BCUT2D eigenvalue weighted by Gasteiger charge is 2.16. The zero-order valence-corrected chi connectivity index (χ0v) is 11.4. The van der Waals surface area contributed by atoms with Gasteiger partial charge in [-0.2, -0.15) is 0 Å². The molecule has 0 radical (unpaired) electrons. The van der Waals surface area contributed by atoms with Crippen LogP contribution in [0.4, 0.5) is 0 Å². The largest absolute Gasteiger partial charge is 0.345 e. The van der Waals surface area contributed by atoms with Crippen LogP contribution in [0.3, 0.4) is 0 Å². The van der Waals surface area contributed by atoms with E-state index in [0.717, 1.165) is 30.2 Å². The highest BCUT2D eigenvalue weighted by Crippen LogP contribution is 2.28. The molecule has 0 saturated heterocycles. The van der Waals surface area contributed by atoms with Crippen molar-refractivity contribution in [1.29, 1.82) is 0 Å². The Bertz CT molecular complexity index is 459. The maximum Gasteiger partial charge on any atom is 0.111 e. The molecule has 0 aliphatic carbocycles. The lowest BCUT2D eigenvalue weighted by Crippen LogP contribution is -2.17. The molecule has 0 saturated carbocycles. The molecule has 2 aromatic rings. The number of nitrogens with zero attached hydrogens (tertiary/aromatic N) is 1. The Labute approximate surface area is 106 Å². The van der Waals surface area contributed by atoms with Gasteiger partial charge < -0.3 is 10.3 Å². The first-order chi connectivity index (χ1) is 8.26. The summed E-state index contributed by atoms with van der Waals surface area (Å²) in [7, 11) is 1.98. The first-order valence-electron chi connectivity index (χ1n) is 6.01. The van der Waals surface area contributed by atoms with Crippen molar-refractivity contribution in [2.45, 2.75) is 26.2 Å². The van der Waals surface area contributed by atoms with Crippen molar-refractivity contribution in [2.24, 2.45) is 0 Å². The van der Waals surface area contributed by atoms with Gasteiger partial charge in [-0.15, -0.1) is 11.3 Å². The molecule has 2 rings (SSSR count). The number of H-pyrrole nitrogens is 1. The topological polar surface area (TPSA) is 40.7 Å². The van der Waals surface area contributed by atoms with E-state index < -0.39 is 0 Å². The summed E-state index contributed by atoms with van der Waals surface area (Å²) in [6.45, 7) is 5.26. The van der Waals surface area contributed by atoms with Crippen LogP contribution in [0.15, 0.2) is 17.5 Å². The smallest absolute Gasteiger partial charge is 0.111 e. The minimum atomic E-state index is 0.465. The summed E-state index contributed by atoms with van der Waals surface area (Å²) in [4.78, 5) is 9.42. The van der Waals surface area contributed by atoms with E-state index in [-0.39, 0.29) is 0 Å². The highest BCUT2D eigenvalue weighted by atomic mass is 32.1. The third kappa shape index (κ3) is 2.58. The summed E-state index contributed by atoms with van der Waals surface area (Å²) < 4.78 is 0. The van der Waals surface area contributed by atoms with E-state index >= 15 is 0 Å². The number of likely N-dealkylation sites (N-methyl/N-ethyl adjacent to an activating group) is 1. The van der Waals surface area contributed by atoms with Crippen LogP contribution in [0.2, 0.25) is 0 Å². The number of rotatable bonds is 5. The lowest BCUT2D eigenvalue weighted by molar-refractivity contribution is 0.585. The third-order valence-electron chi connectivity index (χ3n) is 2.99. The van der Waals surface area contributed by atoms with E-state index in [1.807, 2.05) is 7.05 Å². The summed E-state index contributed by atoms with van der Waals surface area (Å²) in [6, 6.07) is 4.19. The number of hydrogen-bond donors (Lipinski definition) is 2. The predicted octanol–water partition coefficient (Wildman–Crippen LogP) is 3.16. The van der Waals surface area contributed by atoms with Gasteiger partial charge in [-0.3, -0.25) is 0 Å². The second kappa shape index (κ2) is 5.47. The molecular weight excluding hydrogens is 230 g/mol. The van der Waals surface area contributed by atoms with Crippen molar-refractivity contribution in [3.8, 4) is 10.6 Å². The minimum absolute atomic E-state index is 0.465. The molecule has 3 nitrogen and oxygen atoms in total. The number of imidazole rings is 1. The molecule has 2 N–H and O–H groups in total. The molecule has 0 bridgehead atoms. The average Bonchev–Trinajstić information content (AvgIpc) is 2.94. The van der Waals surface area contributed by atoms with Gasteiger partial charge in [-0.25, -0.2) is 4.98 Å². The predicted molar refractivity (Wildman–Crippen MR) is 73.6 cm³/mol. The number of aromatic amines is 1. The molecule has 17 heavy (non-hydrogen) atoms. The van der Waals surface area contributed by atoms with E-state index in [2.05, 4.69) is 41.7 Å². The summed E-state index contributed by atoms with van der Waals surface area (Å²) >= 11 is 1.74. The van der Waals surface area contributed by atoms with Crippen LogP contribution in [0, 0.1) is 6.92 Å². The molecule has 0 aromatic carbocycles. The lowest BCUT2D eigenvalue weighted by atomic mass is 10.1. The fourth-order valence-corrected chi connectivity index (χ4v) is 2.78. The van der Waals surface area contributed by atoms with Gasteiger partial charge in [0.2, 0.25) is 0 Å². The van der Waals surface area contributed by atoms with E-state index in [4.69, 9.17) is 4.98 Å². The van der Waals surface area contributed by atoms with Crippen LogP contribution in [0.5, 0.6) is 0 Å². The number of thiophene rings is 1. The zero-order valence-electron chi connectivity index (χ0n) is 10.6. The molecule has 0 aliphatic rings. The Hall–Kier alpha value is -1.13. The van der Waals surface area contributed by atoms with Crippen molar-refractivity contribution in [1.82, 2.24) is 15.3 Å². The van der Waals surface area contributed by atoms with Crippen LogP contribution >= 0.6 is 11.3 Å². The molecule has 0 fully saturated rings. The Balaban J connectivity index is 2.29. The average molecular weight is 249 g/mol. The van der Waals surface area contributed by atoms with Gasteiger partial charge in [0.1, 0.15) is 11.5 Å². The Morgan fingerprint density at radius 1 is 1.53 bits per heavy atom. The Kier molecular flexibility index (Phi) is 3.97. The molecule has 0 spiro atoms. The van der Waals surface area contributed by atoms with E-state index in [9.17, 15) is 0 Å². The van der Waals surface area contributed by atoms with Gasteiger partial charge >= 0.3 is 0 Å². The van der Waals surface area contributed by atoms with Gasteiger partial charge in [-0.05, 0) is 31.8 Å². The Morgan fingerprint density at radius 2 is 2.35 bits per heavy atom. The second-order valence-electron chi connectivity index (χ2n) is 4.24. The molecule has 0 amide bonds. The molecule has 2 aromatic heterocycles. The SMILES string of the molecule is CCC(CNC)c1nc(-c2cccs2)c(C)[nH]1. The molecule has 1 unspecified atom stereocenters. The van der Waals surface area contributed by atoms with E-state index in [1.165, 1.54) is 4.88 Å². The van der Waals surface area contributed by atoms with Gasteiger partial charge in [-0.1, -0.05) is 13.0 Å². The van der Waals surface area contributed by atoms with Gasteiger partial charge in [0.15, 0.2) is 0 Å². The summed E-state index contributed by atoms with van der Waals surface area (Å²) in [5.74, 6) is 1.56. The Morgan fingerprint density at radius 3 is 2.94 bits per heavy atom. The normalized spacial score (nSPS) is 12.9. The number of aromatic nitrogens is 2. The standard InChI is InChI=1S/C13H19N3S/c1-4-10(8-14-3)13-15-9(2)12(16-13)11-6-5-7-17-11/h5-7,10,14H,4,8H2,1-3H3,(H,15,16). The third-order valence-corrected chi connectivity index (χ3v) is 3.86. The highest BCUT2D eigenvalue weighted by molar-refractivity contribution is 7.13. The summed E-state index contributed by atoms with van der Waals surface area (Å²) in [5.41, 5.74) is 2.27. The van der Waals surface area contributed by atoms with Crippen LogP contribution in [0.1, 0.15) is 30.8 Å².